The van der Waals surface area contributed by atoms with Crippen molar-refractivity contribution in [3.05, 3.63) is 11.2 Å². The molecule has 0 aliphatic rings. The van der Waals surface area contributed by atoms with Gasteiger partial charge < -0.3 is 9.63 Å². The summed E-state index contributed by atoms with van der Waals surface area (Å²) in [4.78, 5) is 13.5. The fourth-order valence-corrected chi connectivity index (χ4v) is 0.564. The van der Waals surface area contributed by atoms with Crippen LogP contribution in [0.1, 0.15) is 5.89 Å². The number of carboxylic acids is 1. The van der Waals surface area contributed by atoms with E-state index in [1.807, 2.05) is 0 Å². The SMILES string of the molecule is O=C(O)Cc1nc(Cl)no1. The van der Waals surface area contributed by atoms with Crippen molar-refractivity contribution in [2.75, 3.05) is 0 Å². The van der Waals surface area contributed by atoms with Crippen LogP contribution in [0.15, 0.2) is 4.52 Å². The number of rotatable bonds is 2. The van der Waals surface area contributed by atoms with Crippen molar-refractivity contribution < 1.29 is 14.4 Å². The number of carbonyl (C=O) groups is 1. The Labute approximate surface area is 60.6 Å². The van der Waals surface area contributed by atoms with Gasteiger partial charge in [0, 0.05) is 0 Å². The van der Waals surface area contributed by atoms with Crippen LogP contribution in [0.5, 0.6) is 0 Å². The van der Waals surface area contributed by atoms with Crippen molar-refractivity contribution in [1.29, 1.82) is 0 Å². The van der Waals surface area contributed by atoms with Gasteiger partial charge in [0.2, 0.25) is 5.89 Å². The molecule has 0 atom stereocenters. The monoisotopic (exact) mass is 162 g/mol. The maximum Gasteiger partial charge on any atom is 0.312 e. The Balaban J connectivity index is 2.67. The lowest BCUT2D eigenvalue weighted by atomic mass is 10.4. The highest BCUT2D eigenvalue weighted by atomic mass is 35.5. The summed E-state index contributed by atoms with van der Waals surface area (Å²) in [6, 6.07) is 0. The first-order valence-electron chi connectivity index (χ1n) is 2.38. The lowest BCUT2D eigenvalue weighted by molar-refractivity contribution is -0.136. The molecule has 0 aromatic carbocycles. The Hall–Kier alpha value is -1.10. The molecule has 1 aromatic heterocycles. The average Bonchev–Trinajstić information content (AvgIpc) is 2.13. The summed E-state index contributed by atoms with van der Waals surface area (Å²) >= 11 is 5.23. The topological polar surface area (TPSA) is 76.2 Å². The zero-order chi connectivity index (χ0) is 7.56. The number of hydrogen-bond acceptors (Lipinski definition) is 4. The van der Waals surface area contributed by atoms with E-state index in [1.165, 1.54) is 0 Å². The zero-order valence-corrected chi connectivity index (χ0v) is 5.50. The van der Waals surface area contributed by atoms with Crippen molar-refractivity contribution >= 4 is 17.6 Å². The number of halogens is 1. The quantitative estimate of drug-likeness (QED) is 0.679. The number of nitrogens with zero attached hydrogens (tertiary/aromatic N) is 2. The molecule has 0 unspecified atom stereocenters. The van der Waals surface area contributed by atoms with Gasteiger partial charge in [0.1, 0.15) is 6.42 Å². The van der Waals surface area contributed by atoms with Gasteiger partial charge in [-0.05, 0) is 16.8 Å². The molecule has 10 heavy (non-hydrogen) atoms. The van der Waals surface area contributed by atoms with E-state index in [-0.39, 0.29) is 17.6 Å². The van der Waals surface area contributed by atoms with Crippen LogP contribution in [0.2, 0.25) is 5.28 Å². The number of carboxylic acid groups (broad SMARTS) is 1. The van der Waals surface area contributed by atoms with Crippen molar-refractivity contribution in [3.8, 4) is 0 Å². The molecule has 6 heteroatoms. The van der Waals surface area contributed by atoms with E-state index in [9.17, 15) is 4.79 Å². The van der Waals surface area contributed by atoms with Crippen LogP contribution in [-0.2, 0) is 11.2 Å². The minimum Gasteiger partial charge on any atom is -0.481 e. The van der Waals surface area contributed by atoms with Gasteiger partial charge in [0.25, 0.3) is 5.28 Å². The maximum atomic E-state index is 10.0. The predicted molar refractivity (Wildman–Crippen MR) is 30.6 cm³/mol. The van der Waals surface area contributed by atoms with Gasteiger partial charge in [-0.15, -0.1) is 0 Å². The van der Waals surface area contributed by atoms with Gasteiger partial charge in [-0.25, -0.2) is 0 Å². The lowest BCUT2D eigenvalue weighted by Crippen LogP contribution is -1.99. The summed E-state index contributed by atoms with van der Waals surface area (Å²) in [6.45, 7) is 0. The van der Waals surface area contributed by atoms with E-state index in [0.717, 1.165) is 0 Å². The minimum atomic E-state index is -1.03. The van der Waals surface area contributed by atoms with Crippen LogP contribution in [0.25, 0.3) is 0 Å². The van der Waals surface area contributed by atoms with Gasteiger partial charge in [0.15, 0.2) is 0 Å². The average molecular weight is 163 g/mol. The summed E-state index contributed by atoms with van der Waals surface area (Å²) in [6.07, 6.45) is -0.292. The highest BCUT2D eigenvalue weighted by Gasteiger charge is 2.07. The molecule has 0 spiro atoms. The van der Waals surface area contributed by atoms with Crippen LogP contribution >= 0.6 is 11.6 Å². The Morgan fingerprint density at radius 3 is 2.90 bits per heavy atom. The second-order valence-corrected chi connectivity index (χ2v) is 1.87. The molecule has 5 nitrogen and oxygen atoms in total. The lowest BCUT2D eigenvalue weighted by Gasteiger charge is -1.81. The second-order valence-electron chi connectivity index (χ2n) is 1.53. The van der Waals surface area contributed by atoms with E-state index in [1.54, 1.807) is 0 Å². The van der Waals surface area contributed by atoms with Crippen LogP contribution in [-0.4, -0.2) is 21.2 Å². The Morgan fingerprint density at radius 1 is 1.80 bits per heavy atom. The number of hydrogen-bond donors (Lipinski definition) is 1. The third-order valence-electron chi connectivity index (χ3n) is 0.746. The summed E-state index contributed by atoms with van der Waals surface area (Å²) in [5, 5.41) is 11.3. The molecule has 0 aliphatic carbocycles. The van der Waals surface area contributed by atoms with Gasteiger partial charge in [0.05, 0.1) is 0 Å². The smallest absolute Gasteiger partial charge is 0.312 e. The second kappa shape index (κ2) is 2.66. The number of aliphatic carboxylic acids is 1. The summed E-state index contributed by atoms with van der Waals surface area (Å²) in [7, 11) is 0. The van der Waals surface area contributed by atoms with E-state index < -0.39 is 5.97 Å². The van der Waals surface area contributed by atoms with Gasteiger partial charge in [-0.2, -0.15) is 4.98 Å². The van der Waals surface area contributed by atoms with Crippen LogP contribution in [0.4, 0.5) is 0 Å². The van der Waals surface area contributed by atoms with Gasteiger partial charge >= 0.3 is 5.97 Å². The van der Waals surface area contributed by atoms with Crippen LogP contribution in [0.3, 0.4) is 0 Å². The largest absolute Gasteiger partial charge is 0.481 e. The molecule has 1 rings (SSSR count). The molecule has 0 saturated carbocycles. The molecule has 0 amide bonds. The summed E-state index contributed by atoms with van der Waals surface area (Å²) < 4.78 is 4.40. The zero-order valence-electron chi connectivity index (χ0n) is 4.74. The molecule has 54 valence electrons. The first kappa shape index (κ1) is 7.01. The molecule has 1 heterocycles. The molecular weight excluding hydrogens is 160 g/mol. The van der Waals surface area contributed by atoms with Crippen molar-refractivity contribution in [3.63, 3.8) is 0 Å². The first-order valence-corrected chi connectivity index (χ1v) is 2.76. The molecule has 1 aromatic rings. The fourth-order valence-electron chi connectivity index (χ4n) is 0.435. The molecule has 1 N–H and O–H groups in total. The Bertz CT molecular complexity index is 246. The van der Waals surface area contributed by atoms with Gasteiger partial charge in [-0.1, -0.05) is 0 Å². The summed E-state index contributed by atoms with van der Waals surface area (Å²) in [5.74, 6) is -1.02. The van der Waals surface area contributed by atoms with Crippen molar-refractivity contribution in [1.82, 2.24) is 10.1 Å². The van der Waals surface area contributed by atoms with Crippen molar-refractivity contribution in [2.45, 2.75) is 6.42 Å². The van der Waals surface area contributed by atoms with E-state index >= 15 is 0 Å². The van der Waals surface area contributed by atoms with E-state index in [0.29, 0.717) is 0 Å². The standard InChI is InChI=1S/C4H3ClN2O3/c5-4-6-2(10-7-4)1-3(8)9/h1H2,(H,8,9). The molecule has 0 bridgehead atoms. The third-order valence-corrected chi connectivity index (χ3v) is 0.899. The highest BCUT2D eigenvalue weighted by molar-refractivity contribution is 6.28. The fraction of sp³-hybridized carbons (Fsp3) is 0.250. The molecule has 0 fully saturated rings. The van der Waals surface area contributed by atoms with Gasteiger partial charge in [-0.3, -0.25) is 4.79 Å². The summed E-state index contributed by atoms with van der Waals surface area (Å²) in [5.41, 5.74) is 0. The van der Waals surface area contributed by atoms with Crippen molar-refractivity contribution in [2.24, 2.45) is 0 Å². The molecular formula is C4H3ClN2O3. The minimum absolute atomic E-state index is 0.0116. The maximum absolute atomic E-state index is 10.0. The Kier molecular flexibility index (Phi) is 1.86. The molecule has 0 saturated heterocycles. The van der Waals surface area contributed by atoms with E-state index in [4.69, 9.17) is 16.7 Å². The van der Waals surface area contributed by atoms with E-state index in [2.05, 4.69) is 14.7 Å². The Morgan fingerprint density at radius 2 is 2.50 bits per heavy atom. The predicted octanol–water partition coefficient (Wildman–Crippen LogP) is 0.350. The number of aromatic nitrogens is 2. The molecule has 0 aliphatic heterocycles. The highest BCUT2D eigenvalue weighted by Crippen LogP contribution is 2.02. The third kappa shape index (κ3) is 1.70. The molecule has 0 radical (unpaired) electrons. The first-order chi connectivity index (χ1) is 4.68. The van der Waals surface area contributed by atoms with Crippen LogP contribution in [0, 0.1) is 0 Å². The normalized spacial score (nSPS) is 9.70. The van der Waals surface area contributed by atoms with Crippen LogP contribution < -0.4 is 0 Å².